The van der Waals surface area contributed by atoms with Crippen molar-refractivity contribution in [3.63, 3.8) is 0 Å². The number of nitrogens with one attached hydrogen (secondary N) is 1. The largest absolute Gasteiger partial charge is 0.478 e. The number of furan rings is 1. The van der Waals surface area contributed by atoms with Crippen LogP contribution in [0, 0.1) is 0 Å². The Morgan fingerprint density at radius 2 is 2.21 bits per heavy atom. The first-order chi connectivity index (χ1) is 9.08. The molecule has 0 fully saturated rings. The fourth-order valence-electron chi connectivity index (χ4n) is 1.78. The van der Waals surface area contributed by atoms with Crippen molar-refractivity contribution < 1.29 is 14.3 Å². The molecular weight excluding hydrogens is 310 g/mol. The molecule has 100 valence electrons. The topological polar surface area (TPSA) is 62.5 Å². The maximum absolute atomic E-state index is 10.7. The zero-order valence-electron chi connectivity index (χ0n) is 10.4. The molecule has 1 aromatic heterocycles. The lowest BCUT2D eigenvalue weighted by Crippen LogP contribution is -2.18. The van der Waals surface area contributed by atoms with Crippen molar-refractivity contribution >= 4 is 21.9 Å². The van der Waals surface area contributed by atoms with Crippen molar-refractivity contribution in [2.75, 3.05) is 0 Å². The van der Waals surface area contributed by atoms with Crippen molar-refractivity contribution in [1.82, 2.24) is 5.32 Å². The van der Waals surface area contributed by atoms with Gasteiger partial charge in [-0.25, -0.2) is 4.79 Å². The first kappa shape index (κ1) is 13.8. The predicted octanol–water partition coefficient (Wildman–Crippen LogP) is 3.59. The lowest BCUT2D eigenvalue weighted by Gasteiger charge is -2.14. The minimum atomic E-state index is -0.978. The third-order valence-electron chi connectivity index (χ3n) is 2.85. The standard InChI is InChI=1S/C14H14BrNO3/c1-9(12-4-2-3-5-13(12)15)16-7-11-6-10(8-19-11)14(17)18/h2-6,8-9,16H,7H2,1H3,(H,17,18)/t9-/m0/s1. The van der Waals surface area contributed by atoms with Gasteiger partial charge in [-0.2, -0.15) is 0 Å². The maximum atomic E-state index is 10.7. The summed E-state index contributed by atoms with van der Waals surface area (Å²) in [6.07, 6.45) is 1.25. The van der Waals surface area contributed by atoms with E-state index in [4.69, 9.17) is 9.52 Å². The summed E-state index contributed by atoms with van der Waals surface area (Å²) in [5.74, 6) is -0.370. The normalized spacial score (nSPS) is 12.3. The average molecular weight is 324 g/mol. The number of aromatic carboxylic acids is 1. The molecule has 0 radical (unpaired) electrons. The molecule has 0 amide bonds. The summed E-state index contributed by atoms with van der Waals surface area (Å²) in [7, 11) is 0. The summed E-state index contributed by atoms with van der Waals surface area (Å²) in [5, 5.41) is 12.1. The van der Waals surface area contributed by atoms with Gasteiger partial charge >= 0.3 is 5.97 Å². The second kappa shape index (κ2) is 6.04. The van der Waals surface area contributed by atoms with Gasteiger partial charge in [0.25, 0.3) is 0 Å². The Balaban J connectivity index is 1.98. The Bertz CT molecular complexity index is 580. The van der Waals surface area contributed by atoms with Crippen molar-refractivity contribution in [1.29, 1.82) is 0 Å². The number of rotatable bonds is 5. The smallest absolute Gasteiger partial charge is 0.338 e. The molecule has 4 nitrogen and oxygen atoms in total. The van der Waals surface area contributed by atoms with E-state index in [1.54, 1.807) is 0 Å². The number of carboxylic acids is 1. The molecule has 0 bridgehead atoms. The predicted molar refractivity (Wildman–Crippen MR) is 75.1 cm³/mol. The number of halogens is 1. The highest BCUT2D eigenvalue weighted by molar-refractivity contribution is 9.10. The third-order valence-corrected chi connectivity index (χ3v) is 3.58. The molecule has 0 aliphatic carbocycles. The van der Waals surface area contributed by atoms with Crippen LogP contribution in [-0.4, -0.2) is 11.1 Å². The van der Waals surface area contributed by atoms with E-state index in [-0.39, 0.29) is 11.6 Å². The fraction of sp³-hybridized carbons (Fsp3) is 0.214. The molecule has 2 rings (SSSR count). The van der Waals surface area contributed by atoms with Gasteiger partial charge in [0.1, 0.15) is 12.0 Å². The third kappa shape index (κ3) is 3.45. The van der Waals surface area contributed by atoms with Crippen LogP contribution in [0.3, 0.4) is 0 Å². The van der Waals surface area contributed by atoms with Crippen LogP contribution in [0.4, 0.5) is 0 Å². The van der Waals surface area contributed by atoms with Crippen molar-refractivity contribution in [2.45, 2.75) is 19.5 Å². The van der Waals surface area contributed by atoms with Gasteiger partial charge in [-0.05, 0) is 24.6 Å². The molecule has 0 aliphatic rings. The molecule has 2 N–H and O–H groups in total. The zero-order valence-corrected chi connectivity index (χ0v) is 12.0. The van der Waals surface area contributed by atoms with Gasteiger partial charge in [-0.1, -0.05) is 34.1 Å². The summed E-state index contributed by atoms with van der Waals surface area (Å²) in [6, 6.07) is 9.63. The van der Waals surface area contributed by atoms with Gasteiger partial charge in [0, 0.05) is 10.5 Å². The second-order valence-corrected chi connectivity index (χ2v) is 5.09. The molecule has 1 atom stereocenters. The van der Waals surface area contributed by atoms with Crippen molar-refractivity contribution in [2.24, 2.45) is 0 Å². The molecular formula is C14H14BrNO3. The molecule has 5 heteroatoms. The molecule has 0 spiro atoms. The monoisotopic (exact) mass is 323 g/mol. The summed E-state index contributed by atoms with van der Waals surface area (Å²) in [6.45, 7) is 2.52. The highest BCUT2D eigenvalue weighted by Gasteiger charge is 2.11. The van der Waals surface area contributed by atoms with Gasteiger partial charge in [-0.3, -0.25) is 0 Å². The quantitative estimate of drug-likeness (QED) is 0.882. The molecule has 1 aromatic carbocycles. The molecule has 2 aromatic rings. The number of benzene rings is 1. The Kier molecular flexibility index (Phi) is 4.39. The highest BCUT2D eigenvalue weighted by Crippen LogP contribution is 2.23. The summed E-state index contributed by atoms with van der Waals surface area (Å²) in [5.41, 5.74) is 1.32. The molecule has 0 saturated carbocycles. The molecule has 1 heterocycles. The fourth-order valence-corrected chi connectivity index (χ4v) is 2.40. The molecule has 0 saturated heterocycles. The minimum Gasteiger partial charge on any atom is -0.478 e. The molecule has 0 unspecified atom stereocenters. The Morgan fingerprint density at radius 3 is 2.84 bits per heavy atom. The van der Waals surface area contributed by atoms with Gasteiger partial charge in [0.05, 0.1) is 12.1 Å². The number of hydrogen-bond donors (Lipinski definition) is 2. The van der Waals surface area contributed by atoms with E-state index in [9.17, 15) is 4.79 Å². The number of carboxylic acid groups (broad SMARTS) is 1. The Morgan fingerprint density at radius 1 is 1.47 bits per heavy atom. The lowest BCUT2D eigenvalue weighted by atomic mass is 10.1. The van der Waals surface area contributed by atoms with Crippen LogP contribution in [0.1, 0.15) is 34.6 Å². The van der Waals surface area contributed by atoms with Gasteiger partial charge in [0.15, 0.2) is 0 Å². The van der Waals surface area contributed by atoms with E-state index in [2.05, 4.69) is 21.2 Å². The van der Waals surface area contributed by atoms with E-state index in [0.29, 0.717) is 12.3 Å². The van der Waals surface area contributed by atoms with Crippen LogP contribution in [0.25, 0.3) is 0 Å². The summed E-state index contributed by atoms with van der Waals surface area (Å²) < 4.78 is 6.23. The van der Waals surface area contributed by atoms with Crippen LogP contribution in [0.5, 0.6) is 0 Å². The van der Waals surface area contributed by atoms with Gasteiger partial charge in [0.2, 0.25) is 0 Å². The first-order valence-electron chi connectivity index (χ1n) is 5.86. The second-order valence-electron chi connectivity index (χ2n) is 4.23. The van der Waals surface area contributed by atoms with Crippen LogP contribution >= 0.6 is 15.9 Å². The van der Waals surface area contributed by atoms with Gasteiger partial charge in [-0.15, -0.1) is 0 Å². The lowest BCUT2D eigenvalue weighted by molar-refractivity contribution is 0.0696. The van der Waals surface area contributed by atoms with Crippen molar-refractivity contribution in [3.05, 3.63) is 58.0 Å². The van der Waals surface area contributed by atoms with Crippen LogP contribution in [0.2, 0.25) is 0 Å². The van der Waals surface area contributed by atoms with Crippen molar-refractivity contribution in [3.8, 4) is 0 Å². The van der Waals surface area contributed by atoms with E-state index < -0.39 is 5.97 Å². The number of carbonyl (C=O) groups is 1. The first-order valence-corrected chi connectivity index (χ1v) is 6.65. The molecule has 0 aliphatic heterocycles. The van der Waals surface area contributed by atoms with E-state index in [0.717, 1.165) is 10.0 Å². The average Bonchev–Trinajstić information content (AvgIpc) is 2.85. The highest BCUT2D eigenvalue weighted by atomic mass is 79.9. The van der Waals surface area contributed by atoms with Crippen LogP contribution < -0.4 is 5.32 Å². The van der Waals surface area contributed by atoms with E-state index in [1.807, 2.05) is 31.2 Å². The number of hydrogen-bond acceptors (Lipinski definition) is 3. The maximum Gasteiger partial charge on any atom is 0.338 e. The molecule has 19 heavy (non-hydrogen) atoms. The van der Waals surface area contributed by atoms with E-state index in [1.165, 1.54) is 12.3 Å². The summed E-state index contributed by atoms with van der Waals surface area (Å²) >= 11 is 3.51. The Hall–Kier alpha value is -1.59. The minimum absolute atomic E-state index is 0.133. The van der Waals surface area contributed by atoms with Gasteiger partial charge < -0.3 is 14.8 Å². The van der Waals surface area contributed by atoms with Crippen LogP contribution in [-0.2, 0) is 6.54 Å². The Labute approximate surface area is 119 Å². The SMILES string of the molecule is C[C@H](NCc1cc(C(=O)O)co1)c1ccccc1Br. The zero-order chi connectivity index (χ0) is 13.8. The summed E-state index contributed by atoms with van der Waals surface area (Å²) in [4.78, 5) is 10.7. The van der Waals surface area contributed by atoms with Crippen LogP contribution in [0.15, 0.2) is 45.5 Å². The van der Waals surface area contributed by atoms with E-state index >= 15 is 0 Å².